The van der Waals surface area contributed by atoms with Crippen LogP contribution in [0.2, 0.25) is 0 Å². The molecule has 1 fully saturated rings. The summed E-state index contributed by atoms with van der Waals surface area (Å²) in [5.74, 6) is 0. The van der Waals surface area contributed by atoms with E-state index in [9.17, 15) is 5.11 Å². The van der Waals surface area contributed by atoms with E-state index >= 15 is 0 Å². The van der Waals surface area contributed by atoms with E-state index in [0.717, 1.165) is 43.8 Å². The van der Waals surface area contributed by atoms with Gasteiger partial charge in [-0.1, -0.05) is 36.4 Å². The number of hydrogen-bond donors (Lipinski definition) is 1. The number of benzene rings is 2. The maximum atomic E-state index is 9.46. The second kappa shape index (κ2) is 7.39. The molecule has 1 unspecified atom stereocenters. The molecule has 0 radical (unpaired) electrons. The Balaban J connectivity index is 1.59. The molecule has 1 N–H and O–H groups in total. The number of furan rings is 1. The van der Waals surface area contributed by atoms with Crippen molar-refractivity contribution in [1.82, 2.24) is 9.80 Å². The highest BCUT2D eigenvalue weighted by Gasteiger charge is 2.28. The van der Waals surface area contributed by atoms with Gasteiger partial charge in [-0.2, -0.15) is 0 Å². The molecular formula is C22H28N2O2. The van der Waals surface area contributed by atoms with Crippen LogP contribution in [-0.2, 0) is 6.54 Å². The summed E-state index contributed by atoms with van der Waals surface area (Å²) in [7, 11) is 0. The SMILES string of the molecule is CC(C)N1CCN(Cc2cccc3c2oc2ccccc23)CC1CCO. The van der Waals surface area contributed by atoms with Gasteiger partial charge >= 0.3 is 0 Å². The predicted molar refractivity (Wildman–Crippen MR) is 106 cm³/mol. The van der Waals surface area contributed by atoms with Crippen molar-refractivity contribution in [2.45, 2.75) is 38.9 Å². The van der Waals surface area contributed by atoms with Crippen molar-refractivity contribution in [2.75, 3.05) is 26.2 Å². The Kier molecular flexibility index (Phi) is 4.98. The van der Waals surface area contributed by atoms with E-state index in [-0.39, 0.29) is 6.61 Å². The summed E-state index contributed by atoms with van der Waals surface area (Å²) in [6.45, 7) is 8.74. The highest BCUT2D eigenvalue weighted by Crippen LogP contribution is 2.31. The Morgan fingerprint density at radius 1 is 1.08 bits per heavy atom. The van der Waals surface area contributed by atoms with Crippen LogP contribution in [0.3, 0.4) is 0 Å². The molecule has 2 heterocycles. The van der Waals surface area contributed by atoms with Crippen molar-refractivity contribution < 1.29 is 9.52 Å². The van der Waals surface area contributed by atoms with E-state index in [1.807, 2.05) is 12.1 Å². The van der Waals surface area contributed by atoms with Crippen molar-refractivity contribution in [3.63, 3.8) is 0 Å². The Morgan fingerprint density at radius 3 is 2.69 bits per heavy atom. The first kappa shape index (κ1) is 17.5. The molecule has 2 aromatic carbocycles. The number of aliphatic hydroxyl groups is 1. The van der Waals surface area contributed by atoms with Gasteiger partial charge in [0.2, 0.25) is 0 Å². The van der Waals surface area contributed by atoms with Crippen LogP contribution in [0.1, 0.15) is 25.8 Å². The Labute approximate surface area is 155 Å². The number of fused-ring (bicyclic) bond motifs is 3. The van der Waals surface area contributed by atoms with Crippen molar-refractivity contribution in [3.8, 4) is 0 Å². The number of hydrogen-bond acceptors (Lipinski definition) is 4. The standard InChI is InChI=1S/C22H28N2O2/c1-16(2)24-12-11-23(15-18(24)10-13-25)14-17-6-5-8-20-19-7-3-4-9-21(19)26-22(17)20/h3-9,16,18,25H,10-15H2,1-2H3. The van der Waals surface area contributed by atoms with Gasteiger partial charge in [-0.15, -0.1) is 0 Å². The van der Waals surface area contributed by atoms with Gasteiger partial charge in [0.25, 0.3) is 0 Å². The molecule has 26 heavy (non-hydrogen) atoms. The fraction of sp³-hybridized carbons (Fsp3) is 0.455. The molecule has 4 heteroatoms. The van der Waals surface area contributed by atoms with E-state index in [0.29, 0.717) is 12.1 Å². The number of piperazine rings is 1. The van der Waals surface area contributed by atoms with Gasteiger partial charge < -0.3 is 9.52 Å². The highest BCUT2D eigenvalue weighted by molar-refractivity contribution is 6.05. The zero-order chi connectivity index (χ0) is 18.1. The molecule has 3 aromatic rings. The summed E-state index contributed by atoms with van der Waals surface area (Å²) in [5, 5.41) is 11.8. The third kappa shape index (κ3) is 3.25. The van der Waals surface area contributed by atoms with Crippen LogP contribution in [0, 0.1) is 0 Å². The van der Waals surface area contributed by atoms with Crippen molar-refractivity contribution >= 4 is 21.9 Å². The number of aliphatic hydroxyl groups excluding tert-OH is 1. The smallest absolute Gasteiger partial charge is 0.139 e. The number of para-hydroxylation sites is 2. The maximum absolute atomic E-state index is 9.46. The summed E-state index contributed by atoms with van der Waals surface area (Å²) in [4.78, 5) is 5.02. The zero-order valence-corrected chi connectivity index (χ0v) is 15.7. The fourth-order valence-electron chi connectivity index (χ4n) is 4.33. The maximum Gasteiger partial charge on any atom is 0.139 e. The van der Waals surface area contributed by atoms with Crippen LogP contribution in [0.4, 0.5) is 0 Å². The lowest BCUT2D eigenvalue weighted by Gasteiger charge is -2.43. The van der Waals surface area contributed by atoms with Crippen molar-refractivity contribution in [1.29, 1.82) is 0 Å². The van der Waals surface area contributed by atoms with Crippen LogP contribution in [-0.4, -0.2) is 53.2 Å². The summed E-state index contributed by atoms with van der Waals surface area (Å²) < 4.78 is 6.18. The van der Waals surface area contributed by atoms with Crippen molar-refractivity contribution in [3.05, 3.63) is 48.0 Å². The third-order valence-electron chi connectivity index (χ3n) is 5.62. The lowest BCUT2D eigenvalue weighted by atomic mass is 10.0. The van der Waals surface area contributed by atoms with E-state index in [4.69, 9.17) is 4.42 Å². The monoisotopic (exact) mass is 352 g/mol. The normalized spacial score (nSPS) is 19.8. The molecule has 4 rings (SSSR count). The molecule has 0 aliphatic carbocycles. The first-order valence-corrected chi connectivity index (χ1v) is 9.65. The summed E-state index contributed by atoms with van der Waals surface area (Å²) in [6, 6.07) is 15.7. The molecule has 1 saturated heterocycles. The van der Waals surface area contributed by atoms with Crippen molar-refractivity contribution in [2.24, 2.45) is 0 Å². The Hall–Kier alpha value is -1.88. The summed E-state index contributed by atoms with van der Waals surface area (Å²) >= 11 is 0. The van der Waals surface area contributed by atoms with Gasteiger partial charge in [-0.05, 0) is 26.3 Å². The molecule has 0 saturated carbocycles. The predicted octanol–water partition coefficient (Wildman–Crippen LogP) is 3.86. The van der Waals surface area contributed by atoms with E-state index in [1.54, 1.807) is 0 Å². The van der Waals surface area contributed by atoms with Crippen LogP contribution < -0.4 is 0 Å². The highest BCUT2D eigenvalue weighted by atomic mass is 16.3. The molecule has 0 spiro atoms. The van der Waals surface area contributed by atoms with Crippen LogP contribution in [0.25, 0.3) is 21.9 Å². The van der Waals surface area contributed by atoms with Gasteiger partial charge in [0.05, 0.1) is 0 Å². The Morgan fingerprint density at radius 2 is 1.88 bits per heavy atom. The summed E-state index contributed by atoms with van der Waals surface area (Å²) in [5.41, 5.74) is 3.22. The molecule has 0 amide bonds. The number of rotatable bonds is 5. The zero-order valence-electron chi connectivity index (χ0n) is 15.7. The Bertz CT molecular complexity index is 886. The minimum atomic E-state index is 0.251. The van der Waals surface area contributed by atoms with Gasteiger partial charge in [0.15, 0.2) is 0 Å². The molecule has 138 valence electrons. The second-order valence-electron chi connectivity index (χ2n) is 7.62. The summed E-state index contributed by atoms with van der Waals surface area (Å²) in [6.07, 6.45) is 0.837. The largest absolute Gasteiger partial charge is 0.456 e. The van der Waals surface area contributed by atoms with Crippen LogP contribution in [0.5, 0.6) is 0 Å². The van der Waals surface area contributed by atoms with E-state index in [2.05, 4.69) is 54.0 Å². The lowest BCUT2D eigenvalue weighted by molar-refractivity contribution is 0.0350. The fourth-order valence-corrected chi connectivity index (χ4v) is 4.33. The molecule has 1 aliphatic heterocycles. The van der Waals surface area contributed by atoms with E-state index < -0.39 is 0 Å². The average Bonchev–Trinajstić information content (AvgIpc) is 3.02. The first-order chi connectivity index (χ1) is 12.7. The van der Waals surface area contributed by atoms with Gasteiger partial charge in [0.1, 0.15) is 11.2 Å². The lowest BCUT2D eigenvalue weighted by Crippen LogP contribution is -2.55. The quantitative estimate of drug-likeness (QED) is 0.757. The topological polar surface area (TPSA) is 39.9 Å². The third-order valence-corrected chi connectivity index (χ3v) is 5.62. The van der Waals surface area contributed by atoms with Gasteiger partial charge in [-0.25, -0.2) is 0 Å². The van der Waals surface area contributed by atoms with E-state index in [1.165, 1.54) is 16.3 Å². The second-order valence-corrected chi connectivity index (χ2v) is 7.62. The number of nitrogens with zero attached hydrogens (tertiary/aromatic N) is 2. The van der Waals surface area contributed by atoms with Gasteiger partial charge in [0, 0.05) is 61.2 Å². The molecule has 0 bridgehead atoms. The van der Waals surface area contributed by atoms with Crippen LogP contribution >= 0.6 is 0 Å². The minimum Gasteiger partial charge on any atom is -0.456 e. The average molecular weight is 352 g/mol. The molecule has 1 aromatic heterocycles. The minimum absolute atomic E-state index is 0.251. The molecule has 1 aliphatic rings. The van der Waals surface area contributed by atoms with Crippen LogP contribution in [0.15, 0.2) is 46.9 Å². The molecule has 4 nitrogen and oxygen atoms in total. The molecule has 1 atom stereocenters. The molecular weight excluding hydrogens is 324 g/mol. The first-order valence-electron chi connectivity index (χ1n) is 9.65. The van der Waals surface area contributed by atoms with Gasteiger partial charge in [-0.3, -0.25) is 9.80 Å².